The Labute approximate surface area is 62.5 Å². The smallest absolute Gasteiger partial charge is 0.128 e. The summed E-state index contributed by atoms with van der Waals surface area (Å²) in [5, 5.41) is 0. The van der Waals surface area contributed by atoms with Crippen molar-refractivity contribution in [2.75, 3.05) is 11.0 Å². The molecule has 0 amide bonds. The standard InChI is InChI=1S/C4H8ClIO/c1-4(5)7-3-2-6/h4H,2-3H2,1H3. The number of hydrogen-bond donors (Lipinski definition) is 0. The van der Waals surface area contributed by atoms with E-state index >= 15 is 0 Å². The fraction of sp³-hybridized carbons (Fsp3) is 1.00. The molecule has 0 aliphatic carbocycles. The molecule has 1 atom stereocenters. The zero-order valence-corrected chi connectivity index (χ0v) is 7.07. The lowest BCUT2D eigenvalue weighted by Gasteiger charge is -2.00. The second kappa shape index (κ2) is 5.12. The molecule has 0 aliphatic rings. The number of alkyl halides is 2. The molecule has 0 rings (SSSR count). The van der Waals surface area contributed by atoms with E-state index in [1.54, 1.807) is 0 Å². The molecule has 0 spiro atoms. The van der Waals surface area contributed by atoms with Gasteiger partial charge in [0, 0.05) is 4.43 Å². The zero-order valence-electron chi connectivity index (χ0n) is 4.16. The third-order valence-electron chi connectivity index (χ3n) is 0.425. The minimum absolute atomic E-state index is 0.130. The minimum Gasteiger partial charge on any atom is -0.362 e. The van der Waals surface area contributed by atoms with Gasteiger partial charge in [0.15, 0.2) is 0 Å². The van der Waals surface area contributed by atoms with E-state index in [4.69, 9.17) is 16.3 Å². The topological polar surface area (TPSA) is 9.23 Å². The summed E-state index contributed by atoms with van der Waals surface area (Å²) >= 11 is 7.67. The van der Waals surface area contributed by atoms with Crippen LogP contribution in [0.1, 0.15) is 6.92 Å². The molecule has 0 fully saturated rings. The monoisotopic (exact) mass is 234 g/mol. The summed E-state index contributed by atoms with van der Waals surface area (Å²) in [7, 11) is 0. The third-order valence-corrected chi connectivity index (χ3v) is 0.991. The van der Waals surface area contributed by atoms with Crippen molar-refractivity contribution < 1.29 is 4.74 Å². The molecule has 3 heteroatoms. The van der Waals surface area contributed by atoms with Gasteiger partial charge in [-0.15, -0.1) is 0 Å². The normalized spacial score (nSPS) is 14.1. The van der Waals surface area contributed by atoms with Crippen LogP contribution in [-0.4, -0.2) is 16.6 Å². The molecule has 1 unspecified atom stereocenters. The fourth-order valence-corrected chi connectivity index (χ4v) is 0.550. The summed E-state index contributed by atoms with van der Waals surface area (Å²) in [5.41, 5.74) is -0.130. The molecule has 0 saturated heterocycles. The van der Waals surface area contributed by atoms with Crippen LogP contribution in [0.25, 0.3) is 0 Å². The molecule has 0 saturated carbocycles. The molecule has 0 heterocycles. The Bertz CT molecular complexity index is 40.7. The molecular formula is C4H8ClIO. The van der Waals surface area contributed by atoms with Gasteiger partial charge in [0.1, 0.15) is 5.56 Å². The Balaban J connectivity index is 2.68. The van der Waals surface area contributed by atoms with E-state index in [0.29, 0.717) is 0 Å². The lowest BCUT2D eigenvalue weighted by atomic mass is 10.8. The molecule has 0 aromatic carbocycles. The molecule has 1 nitrogen and oxygen atoms in total. The Hall–Kier alpha value is 0.980. The minimum atomic E-state index is -0.130. The first kappa shape index (κ1) is 7.98. The van der Waals surface area contributed by atoms with Crippen molar-refractivity contribution in [2.24, 2.45) is 0 Å². The second-order valence-electron chi connectivity index (χ2n) is 1.10. The predicted molar refractivity (Wildman–Crippen MR) is 40.2 cm³/mol. The van der Waals surface area contributed by atoms with Gasteiger partial charge in [-0.05, 0) is 6.92 Å². The lowest BCUT2D eigenvalue weighted by Crippen LogP contribution is -2.00. The van der Waals surface area contributed by atoms with E-state index < -0.39 is 0 Å². The van der Waals surface area contributed by atoms with Crippen molar-refractivity contribution in [3.63, 3.8) is 0 Å². The molecule has 7 heavy (non-hydrogen) atoms. The third kappa shape index (κ3) is 6.98. The highest BCUT2D eigenvalue weighted by molar-refractivity contribution is 14.1. The summed E-state index contributed by atoms with van der Waals surface area (Å²) in [4.78, 5) is 0. The average Bonchev–Trinajstić information content (AvgIpc) is 1.61. The Morgan fingerprint density at radius 2 is 2.43 bits per heavy atom. The molecule has 0 aromatic heterocycles. The fourth-order valence-electron chi connectivity index (χ4n) is 0.207. The maximum atomic E-state index is 5.43. The maximum Gasteiger partial charge on any atom is 0.128 e. The number of ether oxygens (including phenoxy) is 1. The SMILES string of the molecule is CC(Cl)OCCI. The summed E-state index contributed by atoms with van der Waals surface area (Å²) in [6, 6.07) is 0. The molecule has 0 aromatic rings. The van der Waals surface area contributed by atoms with Crippen LogP contribution >= 0.6 is 34.2 Å². The van der Waals surface area contributed by atoms with E-state index in [-0.39, 0.29) is 5.56 Å². The van der Waals surface area contributed by atoms with Crippen LogP contribution in [0, 0.1) is 0 Å². The molecular weight excluding hydrogens is 226 g/mol. The highest BCUT2D eigenvalue weighted by atomic mass is 127. The summed E-state index contributed by atoms with van der Waals surface area (Å²) in [5.74, 6) is 0. The largest absolute Gasteiger partial charge is 0.362 e. The van der Waals surface area contributed by atoms with E-state index in [1.165, 1.54) is 0 Å². The van der Waals surface area contributed by atoms with Crippen molar-refractivity contribution >= 4 is 34.2 Å². The van der Waals surface area contributed by atoms with Crippen LogP contribution in [0.2, 0.25) is 0 Å². The number of rotatable bonds is 3. The van der Waals surface area contributed by atoms with Gasteiger partial charge in [-0.2, -0.15) is 0 Å². The van der Waals surface area contributed by atoms with Gasteiger partial charge in [0.25, 0.3) is 0 Å². The highest BCUT2D eigenvalue weighted by Gasteiger charge is 1.90. The van der Waals surface area contributed by atoms with Gasteiger partial charge in [0.2, 0.25) is 0 Å². The van der Waals surface area contributed by atoms with E-state index in [2.05, 4.69) is 22.6 Å². The van der Waals surface area contributed by atoms with Gasteiger partial charge in [-0.1, -0.05) is 34.2 Å². The first-order valence-electron chi connectivity index (χ1n) is 2.09. The first-order chi connectivity index (χ1) is 3.27. The Morgan fingerprint density at radius 3 is 2.57 bits per heavy atom. The van der Waals surface area contributed by atoms with Crippen molar-refractivity contribution in [2.45, 2.75) is 12.5 Å². The van der Waals surface area contributed by atoms with Gasteiger partial charge in [-0.3, -0.25) is 0 Å². The first-order valence-corrected chi connectivity index (χ1v) is 4.05. The lowest BCUT2D eigenvalue weighted by molar-refractivity contribution is 0.136. The summed E-state index contributed by atoms with van der Waals surface area (Å²) in [6.45, 7) is 2.57. The van der Waals surface area contributed by atoms with E-state index in [0.717, 1.165) is 11.0 Å². The van der Waals surface area contributed by atoms with Crippen LogP contribution in [0.4, 0.5) is 0 Å². The quantitative estimate of drug-likeness (QED) is 0.536. The highest BCUT2D eigenvalue weighted by Crippen LogP contribution is 1.95. The molecule has 0 aliphatic heterocycles. The molecule has 0 N–H and O–H groups in total. The van der Waals surface area contributed by atoms with Crippen molar-refractivity contribution in [3.05, 3.63) is 0 Å². The molecule has 0 bridgehead atoms. The predicted octanol–water partition coefficient (Wildman–Crippen LogP) is 2.02. The van der Waals surface area contributed by atoms with Gasteiger partial charge in [0.05, 0.1) is 6.61 Å². The van der Waals surface area contributed by atoms with E-state index in [1.807, 2.05) is 6.92 Å². The number of hydrogen-bond acceptors (Lipinski definition) is 1. The van der Waals surface area contributed by atoms with Gasteiger partial charge >= 0.3 is 0 Å². The van der Waals surface area contributed by atoms with Crippen molar-refractivity contribution in [3.8, 4) is 0 Å². The van der Waals surface area contributed by atoms with Gasteiger partial charge in [-0.25, -0.2) is 0 Å². The van der Waals surface area contributed by atoms with Crippen LogP contribution in [0.3, 0.4) is 0 Å². The van der Waals surface area contributed by atoms with Crippen LogP contribution in [0.15, 0.2) is 0 Å². The molecule has 0 radical (unpaired) electrons. The number of halogens is 2. The summed E-state index contributed by atoms with van der Waals surface area (Å²) < 4.78 is 5.96. The maximum absolute atomic E-state index is 5.43. The molecule has 44 valence electrons. The van der Waals surface area contributed by atoms with Crippen LogP contribution < -0.4 is 0 Å². The Morgan fingerprint density at radius 1 is 1.86 bits per heavy atom. The van der Waals surface area contributed by atoms with Crippen LogP contribution in [-0.2, 0) is 4.74 Å². The average molecular weight is 234 g/mol. The zero-order chi connectivity index (χ0) is 5.70. The van der Waals surface area contributed by atoms with Crippen molar-refractivity contribution in [1.82, 2.24) is 0 Å². The Kier molecular flexibility index (Phi) is 5.84. The van der Waals surface area contributed by atoms with Crippen molar-refractivity contribution in [1.29, 1.82) is 0 Å². The second-order valence-corrected chi connectivity index (χ2v) is 2.80. The summed E-state index contributed by atoms with van der Waals surface area (Å²) in [6.07, 6.45) is 0. The van der Waals surface area contributed by atoms with Gasteiger partial charge < -0.3 is 4.74 Å². The van der Waals surface area contributed by atoms with Crippen LogP contribution in [0.5, 0.6) is 0 Å². The van der Waals surface area contributed by atoms with E-state index in [9.17, 15) is 0 Å².